The van der Waals surface area contributed by atoms with Crippen molar-refractivity contribution in [3.8, 4) is 0 Å². The minimum Gasteiger partial charge on any atom is -0.391 e. The minimum atomic E-state index is -0.199. The molecule has 1 saturated heterocycles. The van der Waals surface area contributed by atoms with Gasteiger partial charge in [-0.3, -0.25) is 0 Å². The Morgan fingerprint density at radius 3 is 2.57 bits per heavy atom. The van der Waals surface area contributed by atoms with Crippen LogP contribution in [0, 0.1) is 6.57 Å². The van der Waals surface area contributed by atoms with E-state index in [2.05, 4.69) is 9.74 Å². The van der Waals surface area contributed by atoms with Crippen LogP contribution in [0.5, 0.6) is 0 Å². The maximum Gasteiger partial charge on any atom is 0.187 e. The standard InChI is InChI=1S/C11H12N2O/c1-12-9-2-4-10(5-3-9)13-7-6-11(14)8-13/h2-5,11,14H,6-8H2/t11-/m0/s1. The number of hydrogen-bond donors (Lipinski definition) is 1. The van der Waals surface area contributed by atoms with Gasteiger partial charge in [0.1, 0.15) is 0 Å². The Hall–Kier alpha value is -1.53. The average molecular weight is 188 g/mol. The first-order chi connectivity index (χ1) is 6.79. The zero-order valence-electron chi connectivity index (χ0n) is 7.85. The third-order valence-electron chi connectivity index (χ3n) is 2.51. The van der Waals surface area contributed by atoms with Crippen molar-refractivity contribution in [1.29, 1.82) is 0 Å². The van der Waals surface area contributed by atoms with Crippen LogP contribution >= 0.6 is 0 Å². The predicted molar refractivity (Wildman–Crippen MR) is 55.5 cm³/mol. The van der Waals surface area contributed by atoms with E-state index in [4.69, 9.17) is 6.57 Å². The van der Waals surface area contributed by atoms with E-state index in [1.807, 2.05) is 24.3 Å². The topological polar surface area (TPSA) is 27.8 Å². The highest BCUT2D eigenvalue weighted by atomic mass is 16.3. The zero-order valence-corrected chi connectivity index (χ0v) is 7.85. The van der Waals surface area contributed by atoms with Crippen LogP contribution in [0.1, 0.15) is 6.42 Å². The first-order valence-electron chi connectivity index (χ1n) is 4.70. The maximum atomic E-state index is 9.37. The van der Waals surface area contributed by atoms with Crippen molar-refractivity contribution in [3.05, 3.63) is 35.7 Å². The van der Waals surface area contributed by atoms with E-state index in [0.717, 1.165) is 18.7 Å². The Labute approximate surface area is 83.4 Å². The first kappa shape index (κ1) is 9.04. The van der Waals surface area contributed by atoms with Crippen molar-refractivity contribution < 1.29 is 5.11 Å². The zero-order chi connectivity index (χ0) is 9.97. The smallest absolute Gasteiger partial charge is 0.187 e. The van der Waals surface area contributed by atoms with Gasteiger partial charge in [0.15, 0.2) is 5.69 Å². The number of anilines is 1. The summed E-state index contributed by atoms with van der Waals surface area (Å²) in [4.78, 5) is 5.47. The highest BCUT2D eigenvalue weighted by molar-refractivity contribution is 5.56. The molecule has 3 heteroatoms. The van der Waals surface area contributed by atoms with Crippen LogP contribution in [0.2, 0.25) is 0 Å². The van der Waals surface area contributed by atoms with Crippen LogP contribution in [-0.2, 0) is 0 Å². The van der Waals surface area contributed by atoms with E-state index in [1.165, 1.54) is 0 Å². The van der Waals surface area contributed by atoms with Gasteiger partial charge in [-0.25, -0.2) is 4.85 Å². The molecule has 0 radical (unpaired) electrons. The van der Waals surface area contributed by atoms with E-state index in [-0.39, 0.29) is 6.10 Å². The van der Waals surface area contributed by atoms with E-state index in [0.29, 0.717) is 12.2 Å². The van der Waals surface area contributed by atoms with Gasteiger partial charge in [0, 0.05) is 18.8 Å². The molecule has 0 amide bonds. The molecule has 0 bridgehead atoms. The molecule has 14 heavy (non-hydrogen) atoms. The lowest BCUT2D eigenvalue weighted by Gasteiger charge is -2.17. The molecule has 2 rings (SSSR count). The summed E-state index contributed by atoms with van der Waals surface area (Å²) in [7, 11) is 0. The molecule has 0 saturated carbocycles. The van der Waals surface area contributed by atoms with Gasteiger partial charge in [-0.2, -0.15) is 0 Å². The van der Waals surface area contributed by atoms with Gasteiger partial charge < -0.3 is 10.0 Å². The van der Waals surface area contributed by atoms with E-state index < -0.39 is 0 Å². The van der Waals surface area contributed by atoms with Gasteiger partial charge in [0.2, 0.25) is 0 Å². The maximum absolute atomic E-state index is 9.37. The summed E-state index contributed by atoms with van der Waals surface area (Å²) >= 11 is 0. The highest BCUT2D eigenvalue weighted by Gasteiger charge is 2.19. The van der Waals surface area contributed by atoms with Crippen LogP contribution in [0.3, 0.4) is 0 Å². The molecular weight excluding hydrogens is 176 g/mol. The Balaban J connectivity index is 2.14. The van der Waals surface area contributed by atoms with E-state index in [9.17, 15) is 5.11 Å². The van der Waals surface area contributed by atoms with Crippen molar-refractivity contribution in [2.24, 2.45) is 0 Å². The second kappa shape index (κ2) is 3.69. The fraction of sp³-hybridized carbons (Fsp3) is 0.364. The molecule has 1 aliphatic rings. The summed E-state index contributed by atoms with van der Waals surface area (Å²) in [6, 6.07) is 7.50. The third kappa shape index (κ3) is 1.70. The fourth-order valence-corrected chi connectivity index (χ4v) is 1.71. The Kier molecular flexibility index (Phi) is 2.38. The normalized spacial score (nSPS) is 20.9. The molecular formula is C11H12N2O. The number of hydrogen-bond acceptors (Lipinski definition) is 2. The Morgan fingerprint density at radius 1 is 1.36 bits per heavy atom. The van der Waals surface area contributed by atoms with Crippen molar-refractivity contribution in [3.63, 3.8) is 0 Å². The lowest BCUT2D eigenvalue weighted by atomic mass is 10.2. The SMILES string of the molecule is [C-]#[N+]c1ccc(N2CC[C@H](O)C2)cc1. The van der Waals surface area contributed by atoms with Crippen LogP contribution < -0.4 is 4.90 Å². The number of nitrogens with zero attached hydrogens (tertiary/aromatic N) is 2. The predicted octanol–water partition coefficient (Wildman–Crippen LogP) is 1.81. The fourth-order valence-electron chi connectivity index (χ4n) is 1.71. The Bertz CT molecular complexity index is 353. The molecule has 1 atom stereocenters. The first-order valence-corrected chi connectivity index (χ1v) is 4.70. The Morgan fingerprint density at radius 2 is 2.07 bits per heavy atom. The van der Waals surface area contributed by atoms with Crippen LogP contribution in [0.15, 0.2) is 24.3 Å². The van der Waals surface area contributed by atoms with Crippen LogP contribution in [0.25, 0.3) is 4.85 Å². The molecule has 0 spiro atoms. The molecule has 1 fully saturated rings. The molecule has 0 aromatic heterocycles. The number of aliphatic hydroxyl groups is 1. The summed E-state index contributed by atoms with van der Waals surface area (Å²) < 4.78 is 0. The number of β-amino-alcohol motifs (C(OH)–C–C–N with tert-alkyl or cyclic N) is 1. The highest BCUT2D eigenvalue weighted by Crippen LogP contribution is 2.23. The van der Waals surface area contributed by atoms with Crippen molar-refractivity contribution in [2.75, 3.05) is 18.0 Å². The van der Waals surface area contributed by atoms with Crippen LogP contribution in [-0.4, -0.2) is 24.3 Å². The van der Waals surface area contributed by atoms with Gasteiger partial charge >= 0.3 is 0 Å². The summed E-state index contributed by atoms with van der Waals surface area (Å²) in [5.41, 5.74) is 1.75. The molecule has 3 nitrogen and oxygen atoms in total. The van der Waals surface area contributed by atoms with E-state index >= 15 is 0 Å². The largest absolute Gasteiger partial charge is 0.391 e. The van der Waals surface area contributed by atoms with Gasteiger partial charge in [-0.15, -0.1) is 0 Å². The number of rotatable bonds is 1. The number of benzene rings is 1. The van der Waals surface area contributed by atoms with Crippen LogP contribution in [0.4, 0.5) is 11.4 Å². The molecule has 1 aromatic rings. The van der Waals surface area contributed by atoms with Gasteiger partial charge in [-0.1, -0.05) is 12.1 Å². The summed E-state index contributed by atoms with van der Waals surface area (Å²) in [5, 5.41) is 9.37. The molecule has 0 aliphatic carbocycles. The lowest BCUT2D eigenvalue weighted by molar-refractivity contribution is 0.198. The molecule has 0 unspecified atom stereocenters. The van der Waals surface area contributed by atoms with Crippen molar-refractivity contribution >= 4 is 11.4 Å². The molecule has 1 heterocycles. The lowest BCUT2D eigenvalue weighted by Crippen LogP contribution is -2.20. The van der Waals surface area contributed by atoms with Crippen molar-refractivity contribution in [1.82, 2.24) is 0 Å². The molecule has 72 valence electrons. The van der Waals surface area contributed by atoms with Gasteiger partial charge in [0.05, 0.1) is 12.7 Å². The quantitative estimate of drug-likeness (QED) is 0.681. The second-order valence-electron chi connectivity index (χ2n) is 3.52. The van der Waals surface area contributed by atoms with Gasteiger partial charge in [0.25, 0.3) is 0 Å². The van der Waals surface area contributed by atoms with E-state index in [1.54, 1.807) is 0 Å². The average Bonchev–Trinajstić information content (AvgIpc) is 2.65. The van der Waals surface area contributed by atoms with Gasteiger partial charge in [-0.05, 0) is 18.6 Å². The molecule has 1 N–H and O–H groups in total. The second-order valence-corrected chi connectivity index (χ2v) is 3.52. The van der Waals surface area contributed by atoms with Crippen molar-refractivity contribution in [2.45, 2.75) is 12.5 Å². The molecule has 1 aromatic carbocycles. The monoisotopic (exact) mass is 188 g/mol. The summed E-state index contributed by atoms with van der Waals surface area (Å²) in [5.74, 6) is 0. The summed E-state index contributed by atoms with van der Waals surface area (Å²) in [6.07, 6.45) is 0.639. The third-order valence-corrected chi connectivity index (χ3v) is 2.51. The number of aliphatic hydroxyl groups excluding tert-OH is 1. The molecule has 1 aliphatic heterocycles. The summed E-state index contributed by atoms with van der Waals surface area (Å²) in [6.45, 7) is 8.43. The minimum absolute atomic E-state index is 0.199.